The molecule has 346 valence electrons. The van der Waals surface area contributed by atoms with Crippen LogP contribution >= 0.6 is 0 Å². The molecule has 0 amide bonds. The van der Waals surface area contributed by atoms with E-state index in [0.29, 0.717) is 34.9 Å². The molecule has 0 aliphatic rings. The molecule has 0 aliphatic carbocycles. The minimum atomic E-state index is 0.585. The van der Waals surface area contributed by atoms with Crippen molar-refractivity contribution in [3.8, 4) is 102 Å². The van der Waals surface area contributed by atoms with Crippen LogP contribution in [0.25, 0.3) is 146 Å². The van der Waals surface area contributed by atoms with Crippen LogP contribution in [0.1, 0.15) is 0 Å². The first-order valence-electron chi connectivity index (χ1n) is 24.5. The molecule has 0 saturated carbocycles. The number of hydrogen-bond donors (Lipinski definition) is 0. The molecule has 8 heteroatoms. The van der Waals surface area contributed by atoms with E-state index < -0.39 is 0 Å². The number of benzene rings is 10. The van der Waals surface area contributed by atoms with Crippen molar-refractivity contribution in [1.29, 1.82) is 0 Å². The van der Waals surface area contributed by atoms with Crippen molar-refractivity contribution in [1.82, 2.24) is 29.9 Å². The van der Waals surface area contributed by atoms with Crippen LogP contribution in [0.4, 0.5) is 0 Å². The molecule has 14 rings (SSSR count). The van der Waals surface area contributed by atoms with Crippen molar-refractivity contribution in [2.24, 2.45) is 0 Å². The van der Waals surface area contributed by atoms with Crippen molar-refractivity contribution in [2.45, 2.75) is 0 Å². The van der Waals surface area contributed by atoms with Gasteiger partial charge < -0.3 is 8.83 Å². The highest BCUT2D eigenvalue weighted by Crippen LogP contribution is 2.38. The summed E-state index contributed by atoms with van der Waals surface area (Å²) in [5, 5.41) is 4.27. The first kappa shape index (κ1) is 42.7. The Balaban J connectivity index is 0.778. The summed E-state index contributed by atoms with van der Waals surface area (Å²) in [5.41, 5.74) is 15.1. The molecule has 0 aliphatic heterocycles. The molecule has 0 N–H and O–H groups in total. The van der Waals surface area contributed by atoms with E-state index in [2.05, 4.69) is 127 Å². The van der Waals surface area contributed by atoms with Crippen LogP contribution in [-0.4, -0.2) is 29.9 Å². The van der Waals surface area contributed by atoms with E-state index in [0.717, 1.165) is 111 Å². The average molecular weight is 949 g/mol. The normalized spacial score (nSPS) is 11.5. The van der Waals surface area contributed by atoms with Gasteiger partial charge in [0, 0.05) is 54.9 Å². The third-order valence-corrected chi connectivity index (χ3v) is 13.6. The van der Waals surface area contributed by atoms with Crippen LogP contribution in [0.3, 0.4) is 0 Å². The van der Waals surface area contributed by atoms with Crippen molar-refractivity contribution < 1.29 is 8.83 Å². The van der Waals surface area contributed by atoms with Crippen LogP contribution in [0.15, 0.2) is 251 Å². The summed E-state index contributed by atoms with van der Waals surface area (Å²) in [6, 6.07) is 82.6. The molecule has 74 heavy (non-hydrogen) atoms. The van der Waals surface area contributed by atoms with Gasteiger partial charge in [-0.2, -0.15) is 0 Å². The largest absolute Gasteiger partial charge is 0.456 e. The highest BCUT2D eigenvalue weighted by molar-refractivity contribution is 6.08. The van der Waals surface area contributed by atoms with E-state index in [-0.39, 0.29) is 0 Å². The SMILES string of the molecule is c1ccc(-c2nc(-c3ccc(-c4ccc5oc6ccccc6c5c4)cc3)nc(-c3cccc(-c4ccc5c(c4)oc4ccc(-c6cccc(-c7nc(-c8ccccc8)nc(-c8ccccc8)n7)c6)cc45)c3)n2)cc1. The second-order valence-electron chi connectivity index (χ2n) is 18.3. The van der Waals surface area contributed by atoms with E-state index in [9.17, 15) is 0 Å². The van der Waals surface area contributed by atoms with Crippen LogP contribution in [0.2, 0.25) is 0 Å². The topological polar surface area (TPSA) is 104 Å². The minimum Gasteiger partial charge on any atom is -0.456 e. The summed E-state index contributed by atoms with van der Waals surface area (Å²) in [7, 11) is 0. The van der Waals surface area contributed by atoms with Crippen molar-refractivity contribution in [3.05, 3.63) is 243 Å². The summed E-state index contributed by atoms with van der Waals surface area (Å²) >= 11 is 0. The molecule has 0 unspecified atom stereocenters. The summed E-state index contributed by atoms with van der Waals surface area (Å²) < 4.78 is 12.7. The molecule has 0 atom stereocenters. The lowest BCUT2D eigenvalue weighted by molar-refractivity contribution is 0.668. The second kappa shape index (κ2) is 17.9. The van der Waals surface area contributed by atoms with Crippen LogP contribution in [0.5, 0.6) is 0 Å². The molecule has 0 bridgehead atoms. The fourth-order valence-electron chi connectivity index (χ4n) is 9.82. The zero-order valence-corrected chi connectivity index (χ0v) is 39.6. The Hall–Kier alpha value is -10.2. The maximum Gasteiger partial charge on any atom is 0.164 e. The predicted octanol–water partition coefficient (Wildman–Crippen LogP) is 16.9. The second-order valence-corrected chi connectivity index (χ2v) is 18.3. The predicted molar refractivity (Wildman–Crippen MR) is 297 cm³/mol. The monoisotopic (exact) mass is 948 g/mol. The van der Waals surface area contributed by atoms with Gasteiger partial charge in [0.1, 0.15) is 22.3 Å². The van der Waals surface area contributed by atoms with Gasteiger partial charge in [0.2, 0.25) is 0 Å². The van der Waals surface area contributed by atoms with E-state index in [1.165, 1.54) is 0 Å². The van der Waals surface area contributed by atoms with E-state index in [1.54, 1.807) is 0 Å². The molecule has 0 saturated heterocycles. The Bertz CT molecular complexity index is 4360. The lowest BCUT2D eigenvalue weighted by Crippen LogP contribution is -2.00. The first-order valence-corrected chi connectivity index (χ1v) is 24.5. The molecule has 4 aromatic heterocycles. The maximum absolute atomic E-state index is 6.56. The van der Waals surface area contributed by atoms with Gasteiger partial charge in [-0.1, -0.05) is 188 Å². The third kappa shape index (κ3) is 7.93. The van der Waals surface area contributed by atoms with Gasteiger partial charge >= 0.3 is 0 Å². The molecule has 4 heterocycles. The number of furan rings is 2. The molecule has 14 aromatic rings. The number of fused-ring (bicyclic) bond motifs is 6. The highest BCUT2D eigenvalue weighted by atomic mass is 16.3. The van der Waals surface area contributed by atoms with Crippen LogP contribution < -0.4 is 0 Å². The summed E-state index contributed by atoms with van der Waals surface area (Å²) in [4.78, 5) is 30.0. The van der Waals surface area contributed by atoms with Gasteiger partial charge in [-0.25, -0.2) is 29.9 Å². The molecular formula is C66H40N6O2. The minimum absolute atomic E-state index is 0.585. The lowest BCUT2D eigenvalue weighted by Gasteiger charge is -2.10. The Morgan fingerprint density at radius 1 is 0.176 bits per heavy atom. The zero-order chi connectivity index (χ0) is 49.0. The molecule has 0 spiro atoms. The van der Waals surface area contributed by atoms with Crippen LogP contribution in [0, 0.1) is 0 Å². The van der Waals surface area contributed by atoms with E-state index in [1.807, 2.05) is 115 Å². The van der Waals surface area contributed by atoms with Gasteiger partial charge in [0.15, 0.2) is 34.9 Å². The van der Waals surface area contributed by atoms with Gasteiger partial charge in [0.05, 0.1) is 0 Å². The highest BCUT2D eigenvalue weighted by Gasteiger charge is 2.17. The first-order chi connectivity index (χ1) is 36.6. The summed E-state index contributed by atoms with van der Waals surface area (Å²) in [5.74, 6) is 3.65. The number of aromatic nitrogens is 6. The molecular weight excluding hydrogens is 909 g/mol. The quantitative estimate of drug-likeness (QED) is 0.141. The fraction of sp³-hybridized carbons (Fsp3) is 0. The zero-order valence-electron chi connectivity index (χ0n) is 39.6. The molecule has 0 fully saturated rings. The molecule has 8 nitrogen and oxygen atoms in total. The van der Waals surface area contributed by atoms with Gasteiger partial charge in [-0.3, -0.25) is 0 Å². The molecule has 0 radical (unpaired) electrons. The Morgan fingerprint density at radius 3 is 1.00 bits per heavy atom. The third-order valence-electron chi connectivity index (χ3n) is 13.6. The van der Waals surface area contributed by atoms with E-state index >= 15 is 0 Å². The Morgan fingerprint density at radius 2 is 0.486 bits per heavy atom. The van der Waals surface area contributed by atoms with Crippen molar-refractivity contribution >= 4 is 43.9 Å². The number of nitrogens with zero attached hydrogens (tertiary/aromatic N) is 6. The number of rotatable bonds is 9. The number of hydrogen-bond acceptors (Lipinski definition) is 8. The lowest BCUT2D eigenvalue weighted by atomic mass is 9.99. The number of para-hydroxylation sites is 1. The Labute approximate surface area is 425 Å². The van der Waals surface area contributed by atoms with Gasteiger partial charge in [-0.05, 0) is 88.0 Å². The van der Waals surface area contributed by atoms with Crippen molar-refractivity contribution in [3.63, 3.8) is 0 Å². The standard InChI is InChI=1S/C66H40N6O2/c1-4-14-42(15-5-1)61-67-62(43-16-6-2-7-17-43)70-65(69-61)51-22-12-20-46(36-51)49-32-35-59-56(39-49)54-33-30-50(40-60(54)74-59)47-21-13-23-52(37-47)66-71-63(44-18-8-3-9-19-44)68-64(72-66)45-28-26-41(27-29-45)48-31-34-58-55(38-48)53-24-10-11-25-57(53)73-58/h1-40H. The van der Waals surface area contributed by atoms with E-state index in [4.69, 9.17) is 38.7 Å². The smallest absolute Gasteiger partial charge is 0.164 e. The van der Waals surface area contributed by atoms with Crippen molar-refractivity contribution in [2.75, 3.05) is 0 Å². The fourth-order valence-corrected chi connectivity index (χ4v) is 9.82. The summed E-state index contributed by atoms with van der Waals surface area (Å²) in [6.45, 7) is 0. The average Bonchev–Trinajstić information content (AvgIpc) is 4.05. The van der Waals surface area contributed by atoms with Crippen LogP contribution in [-0.2, 0) is 0 Å². The summed E-state index contributed by atoms with van der Waals surface area (Å²) in [6.07, 6.45) is 0. The van der Waals surface area contributed by atoms with Gasteiger partial charge in [0.25, 0.3) is 0 Å². The Kier molecular flexibility index (Phi) is 10.3. The maximum atomic E-state index is 6.56. The van der Waals surface area contributed by atoms with Gasteiger partial charge in [-0.15, -0.1) is 0 Å². The molecule has 10 aromatic carbocycles.